The number of amides is 2. The molecule has 0 aliphatic carbocycles. The monoisotopic (exact) mass is 358 g/mol. The van der Waals surface area contributed by atoms with E-state index >= 15 is 0 Å². The van der Waals surface area contributed by atoms with E-state index in [0.717, 1.165) is 5.56 Å². The van der Waals surface area contributed by atoms with Crippen LogP contribution in [0.15, 0.2) is 60.7 Å². The highest BCUT2D eigenvalue weighted by Gasteiger charge is 2.53. The molecule has 0 saturated carbocycles. The third-order valence-electron chi connectivity index (χ3n) is 4.95. The van der Waals surface area contributed by atoms with Crippen molar-refractivity contribution in [3.8, 4) is 0 Å². The van der Waals surface area contributed by atoms with Gasteiger partial charge in [-0.15, -0.1) is 0 Å². The second-order valence-corrected chi connectivity index (χ2v) is 7.72. The first kappa shape index (κ1) is 18.4. The zero-order valence-electron chi connectivity index (χ0n) is 15.1. The molecule has 0 spiro atoms. The maximum atomic E-state index is 13.6. The van der Waals surface area contributed by atoms with Crippen molar-refractivity contribution in [1.29, 1.82) is 0 Å². The predicted molar refractivity (Wildman–Crippen MR) is 99.3 cm³/mol. The molecule has 26 heavy (non-hydrogen) atoms. The minimum Gasteiger partial charge on any atom is -0.314 e. The minimum atomic E-state index is -2.50. The van der Waals surface area contributed by atoms with Crippen LogP contribution in [0.4, 0.5) is 19.3 Å². The van der Waals surface area contributed by atoms with Crippen molar-refractivity contribution in [2.45, 2.75) is 38.7 Å². The molecule has 138 valence electrons. The quantitative estimate of drug-likeness (QED) is 0.769. The van der Waals surface area contributed by atoms with Gasteiger partial charge in [0.2, 0.25) is 6.43 Å². The fourth-order valence-electron chi connectivity index (χ4n) is 4.06. The number of anilines is 1. The van der Waals surface area contributed by atoms with Crippen LogP contribution in [0.5, 0.6) is 0 Å². The number of carbonyl (C=O) groups excluding carboxylic acids is 1. The van der Waals surface area contributed by atoms with Crippen molar-refractivity contribution >= 4 is 11.7 Å². The summed E-state index contributed by atoms with van der Waals surface area (Å²) in [5.41, 5.74) is 0.145. The number of likely N-dealkylation sites (tertiary alicyclic amines) is 1. The van der Waals surface area contributed by atoms with Crippen molar-refractivity contribution in [1.82, 2.24) is 4.90 Å². The summed E-state index contributed by atoms with van der Waals surface area (Å²) in [4.78, 5) is 14.6. The molecule has 2 aromatic rings. The summed E-state index contributed by atoms with van der Waals surface area (Å²) in [7, 11) is 0. The summed E-state index contributed by atoms with van der Waals surface area (Å²) in [6, 6.07) is 18.0. The van der Waals surface area contributed by atoms with E-state index in [4.69, 9.17) is 0 Å². The maximum absolute atomic E-state index is 13.6. The Morgan fingerprint density at radius 3 is 2.23 bits per heavy atom. The maximum Gasteiger partial charge on any atom is 0.322 e. The number of hydrogen-bond donors (Lipinski definition) is 1. The van der Waals surface area contributed by atoms with Gasteiger partial charge in [-0.1, -0.05) is 62.4 Å². The molecule has 2 aromatic carbocycles. The van der Waals surface area contributed by atoms with E-state index in [1.165, 1.54) is 0 Å². The lowest BCUT2D eigenvalue weighted by atomic mass is 9.77. The molecule has 0 bridgehead atoms. The largest absolute Gasteiger partial charge is 0.322 e. The molecule has 1 fully saturated rings. The second-order valence-electron chi connectivity index (χ2n) is 7.72. The summed E-state index contributed by atoms with van der Waals surface area (Å²) < 4.78 is 27.1. The van der Waals surface area contributed by atoms with Gasteiger partial charge in [0.1, 0.15) is 0 Å². The van der Waals surface area contributed by atoms with Crippen molar-refractivity contribution in [2.24, 2.45) is 5.41 Å². The smallest absolute Gasteiger partial charge is 0.314 e. The van der Waals surface area contributed by atoms with Gasteiger partial charge in [0, 0.05) is 18.7 Å². The first-order valence-electron chi connectivity index (χ1n) is 8.80. The van der Waals surface area contributed by atoms with Gasteiger partial charge in [-0.2, -0.15) is 0 Å². The van der Waals surface area contributed by atoms with Crippen LogP contribution in [0.25, 0.3) is 0 Å². The van der Waals surface area contributed by atoms with E-state index in [0.29, 0.717) is 18.7 Å². The number of urea groups is 1. The average molecular weight is 358 g/mol. The van der Waals surface area contributed by atoms with Gasteiger partial charge in [0.15, 0.2) is 0 Å². The van der Waals surface area contributed by atoms with Crippen LogP contribution in [0.1, 0.15) is 32.3 Å². The van der Waals surface area contributed by atoms with Crippen LogP contribution in [0.2, 0.25) is 0 Å². The number of carbonyl (C=O) groups is 1. The highest BCUT2D eigenvalue weighted by atomic mass is 19.3. The first-order valence-corrected chi connectivity index (χ1v) is 8.80. The van der Waals surface area contributed by atoms with Crippen LogP contribution in [-0.2, 0) is 5.54 Å². The van der Waals surface area contributed by atoms with Crippen LogP contribution < -0.4 is 5.32 Å². The number of hydrogen-bond acceptors (Lipinski definition) is 1. The zero-order valence-corrected chi connectivity index (χ0v) is 15.1. The Labute approximate surface area is 153 Å². The Bertz CT molecular complexity index is 749. The fraction of sp³-hybridized carbons (Fsp3) is 0.381. The van der Waals surface area contributed by atoms with E-state index in [-0.39, 0.29) is 17.9 Å². The highest BCUT2D eigenvalue weighted by molar-refractivity contribution is 5.90. The van der Waals surface area contributed by atoms with Crippen molar-refractivity contribution < 1.29 is 13.6 Å². The Balaban J connectivity index is 2.00. The topological polar surface area (TPSA) is 32.3 Å². The van der Waals surface area contributed by atoms with E-state index in [9.17, 15) is 13.6 Å². The molecule has 0 radical (unpaired) electrons. The number of nitrogens with zero attached hydrogens (tertiary/aromatic N) is 1. The number of benzene rings is 2. The van der Waals surface area contributed by atoms with Crippen molar-refractivity contribution in [3.05, 3.63) is 66.2 Å². The molecule has 1 aliphatic rings. The third kappa shape index (κ3) is 3.71. The van der Waals surface area contributed by atoms with Gasteiger partial charge in [0.05, 0.1) is 5.54 Å². The van der Waals surface area contributed by atoms with Gasteiger partial charge < -0.3 is 10.2 Å². The average Bonchev–Trinajstić information content (AvgIpc) is 2.88. The molecule has 1 aliphatic heterocycles. The first-order chi connectivity index (χ1) is 12.3. The fourth-order valence-corrected chi connectivity index (χ4v) is 4.06. The van der Waals surface area contributed by atoms with Gasteiger partial charge in [-0.25, -0.2) is 13.6 Å². The standard InChI is InChI=1S/C21H24F2N2O/c1-20(2)14-21(13-18(22)23,16-9-5-3-6-10-16)25(15-20)19(26)24-17-11-7-4-8-12-17/h3-12,18H,13-15H2,1-2H3,(H,24,26)/t21-/m0/s1. The Morgan fingerprint density at radius 2 is 1.65 bits per heavy atom. The Kier molecular flexibility index (Phi) is 4.99. The molecule has 1 saturated heterocycles. The van der Waals surface area contributed by atoms with Crippen LogP contribution in [0, 0.1) is 5.41 Å². The molecule has 1 N–H and O–H groups in total. The molecule has 0 aromatic heterocycles. The summed E-state index contributed by atoms with van der Waals surface area (Å²) in [5, 5.41) is 2.86. The molecule has 2 amide bonds. The number of para-hydroxylation sites is 1. The summed E-state index contributed by atoms with van der Waals surface area (Å²) in [5.74, 6) is 0. The number of nitrogens with one attached hydrogen (secondary N) is 1. The molecular formula is C21H24F2N2O. The van der Waals surface area contributed by atoms with Crippen LogP contribution >= 0.6 is 0 Å². The molecule has 3 rings (SSSR count). The van der Waals surface area contributed by atoms with E-state index in [1.54, 1.807) is 17.0 Å². The number of halogens is 2. The summed E-state index contributed by atoms with van der Waals surface area (Å²) >= 11 is 0. The minimum absolute atomic E-state index is 0.251. The van der Waals surface area contributed by atoms with E-state index in [2.05, 4.69) is 5.32 Å². The molecule has 0 unspecified atom stereocenters. The van der Waals surface area contributed by atoms with Gasteiger partial charge >= 0.3 is 6.03 Å². The van der Waals surface area contributed by atoms with E-state index in [1.807, 2.05) is 62.4 Å². The molecule has 1 heterocycles. The lowest BCUT2D eigenvalue weighted by Gasteiger charge is -2.39. The predicted octanol–water partition coefficient (Wildman–Crippen LogP) is 5.50. The lowest BCUT2D eigenvalue weighted by Crippen LogP contribution is -2.48. The van der Waals surface area contributed by atoms with Crippen LogP contribution in [-0.4, -0.2) is 23.9 Å². The molecule has 5 heteroatoms. The zero-order chi connectivity index (χ0) is 18.8. The highest BCUT2D eigenvalue weighted by Crippen LogP contribution is 2.50. The molecule has 3 nitrogen and oxygen atoms in total. The Hall–Kier alpha value is -2.43. The number of rotatable bonds is 4. The van der Waals surface area contributed by atoms with Crippen LogP contribution in [0.3, 0.4) is 0 Å². The van der Waals surface area contributed by atoms with Gasteiger partial charge in [-0.05, 0) is 29.5 Å². The van der Waals surface area contributed by atoms with Crippen molar-refractivity contribution in [2.75, 3.05) is 11.9 Å². The molecule has 1 atom stereocenters. The van der Waals surface area contributed by atoms with E-state index < -0.39 is 12.0 Å². The molecular weight excluding hydrogens is 334 g/mol. The summed E-state index contributed by atoms with van der Waals surface area (Å²) in [6.45, 7) is 4.46. The normalized spacial score (nSPS) is 21.8. The van der Waals surface area contributed by atoms with Gasteiger partial charge in [-0.3, -0.25) is 0 Å². The lowest BCUT2D eigenvalue weighted by molar-refractivity contribution is 0.0559. The van der Waals surface area contributed by atoms with Crippen molar-refractivity contribution in [3.63, 3.8) is 0 Å². The number of alkyl halides is 2. The Morgan fingerprint density at radius 1 is 1.08 bits per heavy atom. The third-order valence-corrected chi connectivity index (χ3v) is 4.95. The SMILES string of the molecule is CC1(C)CN(C(=O)Nc2ccccc2)[C@](CC(F)F)(c2ccccc2)C1. The second kappa shape index (κ2) is 7.06. The van der Waals surface area contributed by atoms with Gasteiger partial charge in [0.25, 0.3) is 0 Å². The summed E-state index contributed by atoms with van der Waals surface area (Å²) in [6.07, 6.45) is -2.38.